The number of benzene rings is 1. The summed E-state index contributed by atoms with van der Waals surface area (Å²) in [5, 5.41) is 6.40. The molecule has 0 radical (unpaired) electrons. The van der Waals surface area contributed by atoms with Crippen molar-refractivity contribution in [1.82, 2.24) is 40.2 Å². The number of methoxy groups -OCH3 is 1. The molecule has 0 spiro atoms. The van der Waals surface area contributed by atoms with Gasteiger partial charge in [0.15, 0.2) is 0 Å². The fourth-order valence-electron chi connectivity index (χ4n) is 11.3. The van der Waals surface area contributed by atoms with Crippen LogP contribution < -0.4 is 10.7 Å². The van der Waals surface area contributed by atoms with Crippen LogP contribution in [-0.2, 0) is 46.3 Å². The van der Waals surface area contributed by atoms with Crippen LogP contribution in [-0.4, -0.2) is 131 Å². The Balaban J connectivity index is 1.13. The lowest BCUT2D eigenvalue weighted by atomic mass is 9.73. The van der Waals surface area contributed by atoms with Gasteiger partial charge in [-0.3, -0.25) is 34.3 Å². The van der Waals surface area contributed by atoms with Crippen LogP contribution in [0.3, 0.4) is 0 Å². The number of amides is 2. The highest BCUT2D eigenvalue weighted by Gasteiger charge is 2.56. The Morgan fingerprint density at radius 1 is 1.08 bits per heavy atom. The number of cyclic esters (lactones) is 1. The van der Waals surface area contributed by atoms with Gasteiger partial charge in [-0.05, 0) is 92.3 Å². The van der Waals surface area contributed by atoms with E-state index >= 15 is 18.0 Å². The van der Waals surface area contributed by atoms with E-state index in [9.17, 15) is 18.4 Å². The van der Waals surface area contributed by atoms with E-state index < -0.39 is 85.2 Å². The number of fused-ring (bicyclic) bond motifs is 4. The molecular weight excluding hydrogens is 1010 g/mol. The smallest absolute Gasteiger partial charge is 0.406 e. The molecular formula is C55H61F5N8O7S. The second-order valence-electron chi connectivity index (χ2n) is 21.4. The number of pyridine rings is 2. The van der Waals surface area contributed by atoms with Crippen LogP contribution >= 0.6 is 11.3 Å². The van der Waals surface area contributed by atoms with Gasteiger partial charge in [0.25, 0.3) is 12.3 Å². The summed E-state index contributed by atoms with van der Waals surface area (Å²) in [6.45, 7) is 9.33. The number of thiazole rings is 1. The number of morpholine rings is 1. The molecule has 4 aromatic heterocycles. The van der Waals surface area contributed by atoms with Crippen molar-refractivity contribution in [3.63, 3.8) is 0 Å². The van der Waals surface area contributed by atoms with Crippen LogP contribution in [0.25, 0.3) is 33.4 Å². The summed E-state index contributed by atoms with van der Waals surface area (Å²) >= 11 is 1.03. The second-order valence-corrected chi connectivity index (χ2v) is 22.3. The maximum Gasteiger partial charge on any atom is 0.406 e. The van der Waals surface area contributed by atoms with Gasteiger partial charge in [0, 0.05) is 89.1 Å². The van der Waals surface area contributed by atoms with Gasteiger partial charge in [-0.25, -0.2) is 19.2 Å². The summed E-state index contributed by atoms with van der Waals surface area (Å²) in [6, 6.07) is 7.23. The Labute approximate surface area is 441 Å². The molecule has 1 aromatic carbocycles. The van der Waals surface area contributed by atoms with Crippen LogP contribution in [0.4, 0.5) is 22.0 Å². The van der Waals surface area contributed by atoms with Gasteiger partial charge >= 0.3 is 12.1 Å². The van der Waals surface area contributed by atoms with Crippen LogP contribution in [0.2, 0.25) is 0 Å². The number of nitrogens with one attached hydrogen (secondary N) is 2. The third-order valence-electron chi connectivity index (χ3n) is 15.6. The van der Waals surface area contributed by atoms with Crippen LogP contribution in [0.1, 0.15) is 93.0 Å². The zero-order valence-corrected chi connectivity index (χ0v) is 43.9. The second kappa shape index (κ2) is 21.5. The number of aromatic nitrogens is 4. The van der Waals surface area contributed by atoms with Gasteiger partial charge in [-0.1, -0.05) is 38.7 Å². The Morgan fingerprint density at radius 2 is 1.83 bits per heavy atom. The standard InChI is InChI=1S/C55H61F5N8O7S/c1-29(66-15-17-73-18-16-66)7-8-32-19-38(45(62-24-32)31(3)72-6)48-39-23-54(4,5)28-75-53(71)46-35-20-36(21-35)68(65-46)52(70)47(64-50(69)44-30(2)43(44)33-11-13-61-14-12-33)49(74-25-42(56)57)51-63-40(26-76-51)34-9-10-41(37(39)22-34)67(48)27-55(58,59)60/h9-14,19,22,24,26,29-31,35-36,42-44,46-47,49,65H,15-18,20-21,23,25,27-28H2,1-6H3,(H,64,69)/t29-,30+,31+,35?,36?,43+,44-,46+,47+,49+/m1/s1. The molecule has 2 N–H and O–H groups in total. The van der Waals surface area contributed by atoms with Crippen molar-refractivity contribution in [3.8, 4) is 34.4 Å². The van der Waals surface area contributed by atoms with E-state index in [4.69, 9.17) is 28.9 Å². The topological polar surface area (TPSA) is 162 Å². The predicted octanol–water partition coefficient (Wildman–Crippen LogP) is 8.04. The summed E-state index contributed by atoms with van der Waals surface area (Å²) in [5.74, 6) is 3.58. The first kappa shape index (κ1) is 53.5. The number of hydrogen-bond donors (Lipinski definition) is 2. The number of carbonyl (C=O) groups is 3. The largest absolute Gasteiger partial charge is 0.464 e. The zero-order chi connectivity index (χ0) is 53.8. The summed E-state index contributed by atoms with van der Waals surface area (Å²) in [6.07, 6.45) is -4.07. The van der Waals surface area contributed by atoms with E-state index in [0.717, 1.165) is 16.9 Å². The summed E-state index contributed by atoms with van der Waals surface area (Å²) < 4.78 is 98.5. The van der Waals surface area contributed by atoms with Crippen molar-refractivity contribution in [2.45, 2.75) is 115 Å². The molecule has 0 unspecified atom stereocenters. The molecule has 404 valence electrons. The van der Waals surface area contributed by atoms with Crippen molar-refractivity contribution in [1.29, 1.82) is 0 Å². The van der Waals surface area contributed by atoms with Gasteiger partial charge in [0.2, 0.25) is 5.91 Å². The third-order valence-corrected chi connectivity index (χ3v) is 16.5. The maximum atomic E-state index is 15.1. The van der Waals surface area contributed by atoms with Crippen LogP contribution in [0.15, 0.2) is 60.4 Å². The van der Waals surface area contributed by atoms with E-state index in [2.05, 4.69) is 32.5 Å². The molecule has 4 aliphatic heterocycles. The summed E-state index contributed by atoms with van der Waals surface area (Å²) in [5.41, 5.74) is 6.05. The van der Waals surface area contributed by atoms with Crippen molar-refractivity contribution in [3.05, 3.63) is 87.8 Å². The molecule has 3 saturated heterocycles. The van der Waals surface area contributed by atoms with Crippen LogP contribution in [0.5, 0.6) is 0 Å². The number of hydrogen-bond acceptors (Lipinski definition) is 13. The number of esters is 1. The normalized spacial score (nSPS) is 26.4. The average Bonchev–Trinajstić information content (AvgIpc) is 3.75. The Hall–Kier alpha value is -5.89. The lowest BCUT2D eigenvalue weighted by Crippen LogP contribution is -2.72. The molecule has 5 aromatic rings. The lowest BCUT2D eigenvalue weighted by Gasteiger charge is -2.53. The fourth-order valence-corrected chi connectivity index (χ4v) is 12.3. The number of nitrogens with zero attached hydrogens (tertiary/aromatic N) is 6. The fraction of sp³-hybridized carbons (Fsp3) is 0.527. The molecule has 2 aliphatic carbocycles. The first-order chi connectivity index (χ1) is 36.3. The molecule has 76 heavy (non-hydrogen) atoms. The Bertz CT molecular complexity index is 3040. The van der Waals surface area contributed by atoms with Gasteiger partial charge < -0.3 is 28.8 Å². The maximum absolute atomic E-state index is 15.1. The number of rotatable bonds is 11. The predicted molar refractivity (Wildman–Crippen MR) is 271 cm³/mol. The summed E-state index contributed by atoms with van der Waals surface area (Å²) in [4.78, 5) is 59.8. The molecule has 21 heteroatoms. The first-order valence-electron chi connectivity index (χ1n) is 25.7. The summed E-state index contributed by atoms with van der Waals surface area (Å²) in [7, 11) is 1.50. The van der Waals surface area contributed by atoms with E-state index in [1.807, 2.05) is 39.8 Å². The van der Waals surface area contributed by atoms with Crippen LogP contribution in [0, 0.1) is 35.0 Å². The lowest BCUT2D eigenvalue weighted by molar-refractivity contribution is -0.173. The molecule has 6 aliphatic rings. The molecule has 2 saturated carbocycles. The minimum Gasteiger partial charge on any atom is -0.464 e. The number of halogens is 5. The van der Waals surface area contributed by atoms with Crippen molar-refractivity contribution in [2.24, 2.45) is 23.2 Å². The van der Waals surface area contributed by atoms with Crippen molar-refractivity contribution >= 4 is 40.0 Å². The van der Waals surface area contributed by atoms with Gasteiger partial charge in [-0.2, -0.15) is 13.2 Å². The number of carbonyl (C=O) groups excluding carboxylic acids is 3. The SMILES string of the molecule is CO[C@@H](C)c1ncc(C#C[C@@H](C)N2CCOCC2)cc1-c1c2c3cc(ccc3n1CC(F)(F)F)-c1csc(n1)[C@@H](OCC(F)F)[C@H](NC(=O)[C@@H]1[C@@H](C)[C@H]1c1ccncc1)C(=O)N1N[C@H](C(=O)OCC(C)(C)C2)C2CC1C2. The van der Waals surface area contributed by atoms with Gasteiger partial charge in [0.05, 0.1) is 49.0 Å². The zero-order valence-electron chi connectivity index (χ0n) is 43.0. The molecule has 2 amide bonds. The monoisotopic (exact) mass is 1070 g/mol. The quantitative estimate of drug-likeness (QED) is 0.0746. The molecule has 8 heterocycles. The van der Waals surface area contributed by atoms with Crippen molar-refractivity contribution < 1.29 is 55.3 Å². The van der Waals surface area contributed by atoms with E-state index in [1.54, 1.807) is 55.2 Å². The van der Waals surface area contributed by atoms with Crippen molar-refractivity contribution in [2.75, 3.05) is 46.6 Å². The number of alkyl halides is 5. The third kappa shape index (κ3) is 11.0. The first-order valence-corrected chi connectivity index (χ1v) is 26.6. The highest BCUT2D eigenvalue weighted by atomic mass is 32.1. The highest BCUT2D eigenvalue weighted by Crippen LogP contribution is 2.54. The minimum absolute atomic E-state index is 0.0892. The Kier molecular flexibility index (Phi) is 15.1. The van der Waals surface area contributed by atoms with E-state index in [1.165, 1.54) is 16.7 Å². The number of hydrazine groups is 1. The molecule has 5 fully saturated rings. The molecule has 15 nitrogen and oxygen atoms in total. The Morgan fingerprint density at radius 3 is 2.54 bits per heavy atom. The highest BCUT2D eigenvalue weighted by molar-refractivity contribution is 7.10. The minimum atomic E-state index is -4.70. The van der Waals surface area contributed by atoms with E-state index in [-0.39, 0.29) is 53.0 Å². The molecule has 8 atom stereocenters. The molecule has 11 rings (SSSR count). The van der Waals surface area contributed by atoms with Gasteiger partial charge in [0.1, 0.15) is 36.3 Å². The van der Waals surface area contributed by atoms with E-state index in [0.29, 0.717) is 78.2 Å². The van der Waals surface area contributed by atoms with Gasteiger partial charge in [-0.15, -0.1) is 11.3 Å². The molecule has 8 bridgehead atoms. The average molecular weight is 1070 g/mol. The number of ether oxygens (including phenoxy) is 4.